The SMILES string of the molecule is C[C@@H]1CN(C(=O)c2cc3c(s2)CCC3)C[C@H]1C(=O)O. The molecule has 0 spiro atoms. The highest BCUT2D eigenvalue weighted by atomic mass is 32.1. The van der Waals surface area contributed by atoms with Crippen molar-refractivity contribution in [1.82, 2.24) is 4.90 Å². The number of carbonyl (C=O) groups excluding carboxylic acids is 1. The Bertz CT molecular complexity index is 515. The van der Waals surface area contributed by atoms with Crippen LogP contribution in [0.2, 0.25) is 0 Å². The Labute approximate surface area is 116 Å². The van der Waals surface area contributed by atoms with E-state index in [4.69, 9.17) is 5.11 Å². The van der Waals surface area contributed by atoms with E-state index in [9.17, 15) is 9.59 Å². The highest BCUT2D eigenvalue weighted by molar-refractivity contribution is 7.14. The molecule has 2 aliphatic rings. The van der Waals surface area contributed by atoms with Crippen molar-refractivity contribution >= 4 is 23.2 Å². The Morgan fingerprint density at radius 2 is 2.16 bits per heavy atom. The van der Waals surface area contributed by atoms with Crippen LogP contribution in [0.25, 0.3) is 0 Å². The first-order valence-electron chi connectivity index (χ1n) is 6.70. The first-order chi connectivity index (χ1) is 9.06. The fourth-order valence-electron chi connectivity index (χ4n) is 3.04. The van der Waals surface area contributed by atoms with Crippen molar-refractivity contribution in [1.29, 1.82) is 0 Å². The number of rotatable bonds is 2. The van der Waals surface area contributed by atoms with Crippen LogP contribution >= 0.6 is 11.3 Å². The molecule has 19 heavy (non-hydrogen) atoms. The van der Waals surface area contributed by atoms with Gasteiger partial charge in [-0.2, -0.15) is 0 Å². The van der Waals surface area contributed by atoms with Crippen LogP contribution in [0.5, 0.6) is 0 Å². The molecule has 0 radical (unpaired) electrons. The number of fused-ring (bicyclic) bond motifs is 1. The second-order valence-electron chi connectivity index (χ2n) is 5.54. The molecule has 1 aliphatic carbocycles. The summed E-state index contributed by atoms with van der Waals surface area (Å²) in [6.07, 6.45) is 3.35. The summed E-state index contributed by atoms with van der Waals surface area (Å²) >= 11 is 1.59. The van der Waals surface area contributed by atoms with Gasteiger partial charge in [-0.1, -0.05) is 6.92 Å². The summed E-state index contributed by atoms with van der Waals surface area (Å²) in [5, 5.41) is 9.11. The normalized spacial score (nSPS) is 25.6. The second kappa shape index (κ2) is 4.63. The molecule has 2 heterocycles. The number of aryl methyl sites for hydroxylation is 2. The third-order valence-electron chi connectivity index (χ3n) is 4.17. The smallest absolute Gasteiger partial charge is 0.308 e. The zero-order chi connectivity index (χ0) is 13.6. The van der Waals surface area contributed by atoms with Crippen molar-refractivity contribution in [3.63, 3.8) is 0 Å². The summed E-state index contributed by atoms with van der Waals surface area (Å²) in [6, 6.07) is 2.01. The molecule has 3 rings (SSSR count). The van der Waals surface area contributed by atoms with Gasteiger partial charge in [0, 0.05) is 18.0 Å². The van der Waals surface area contributed by atoms with E-state index in [0.717, 1.165) is 17.7 Å². The number of aliphatic carboxylic acids is 1. The number of carboxylic acids is 1. The number of carboxylic acid groups (broad SMARTS) is 1. The molecule has 1 fully saturated rings. The summed E-state index contributed by atoms with van der Waals surface area (Å²) in [4.78, 5) is 27.3. The van der Waals surface area contributed by atoms with Crippen molar-refractivity contribution in [2.45, 2.75) is 26.2 Å². The lowest BCUT2D eigenvalue weighted by atomic mass is 9.99. The van der Waals surface area contributed by atoms with E-state index >= 15 is 0 Å². The fraction of sp³-hybridized carbons (Fsp3) is 0.571. The summed E-state index contributed by atoms with van der Waals surface area (Å²) in [5.41, 5.74) is 1.32. The molecule has 1 N–H and O–H groups in total. The van der Waals surface area contributed by atoms with Crippen LogP contribution in [0.4, 0.5) is 0 Å². The van der Waals surface area contributed by atoms with Gasteiger partial charge in [0.2, 0.25) is 0 Å². The molecule has 102 valence electrons. The standard InChI is InChI=1S/C14H17NO3S/c1-8-6-15(7-10(8)14(17)18)13(16)12-5-9-3-2-4-11(9)19-12/h5,8,10H,2-4,6-7H2,1H3,(H,17,18)/t8-,10-/m1/s1. The minimum absolute atomic E-state index is 0.00926. The van der Waals surface area contributed by atoms with Crippen molar-refractivity contribution in [3.05, 3.63) is 21.4 Å². The first kappa shape index (κ1) is 12.7. The summed E-state index contributed by atoms with van der Waals surface area (Å²) in [7, 11) is 0. The van der Waals surface area contributed by atoms with Gasteiger partial charge in [0.15, 0.2) is 0 Å². The topological polar surface area (TPSA) is 57.6 Å². The Balaban J connectivity index is 1.76. The van der Waals surface area contributed by atoms with Crippen LogP contribution in [-0.4, -0.2) is 35.0 Å². The Hall–Kier alpha value is -1.36. The highest BCUT2D eigenvalue weighted by Gasteiger charge is 2.37. The lowest BCUT2D eigenvalue weighted by molar-refractivity contribution is -0.142. The van der Waals surface area contributed by atoms with E-state index in [0.29, 0.717) is 13.1 Å². The van der Waals surface area contributed by atoms with E-state index in [-0.39, 0.29) is 11.8 Å². The van der Waals surface area contributed by atoms with Gasteiger partial charge < -0.3 is 10.0 Å². The predicted molar refractivity (Wildman–Crippen MR) is 72.5 cm³/mol. The molecular formula is C14H17NO3S. The van der Waals surface area contributed by atoms with Crippen molar-refractivity contribution in [2.24, 2.45) is 11.8 Å². The molecule has 1 aliphatic heterocycles. The lowest BCUT2D eigenvalue weighted by Crippen LogP contribution is -2.29. The largest absolute Gasteiger partial charge is 0.481 e. The van der Waals surface area contributed by atoms with Crippen LogP contribution < -0.4 is 0 Å². The minimum atomic E-state index is -0.795. The maximum atomic E-state index is 12.4. The van der Waals surface area contributed by atoms with Gasteiger partial charge in [-0.05, 0) is 36.8 Å². The number of likely N-dealkylation sites (tertiary alicyclic amines) is 1. The van der Waals surface area contributed by atoms with E-state index in [1.807, 2.05) is 13.0 Å². The third-order valence-corrected chi connectivity index (χ3v) is 5.40. The van der Waals surface area contributed by atoms with Gasteiger partial charge in [0.25, 0.3) is 5.91 Å². The molecule has 1 saturated heterocycles. The number of hydrogen-bond donors (Lipinski definition) is 1. The zero-order valence-electron chi connectivity index (χ0n) is 10.9. The maximum Gasteiger partial charge on any atom is 0.308 e. The quantitative estimate of drug-likeness (QED) is 0.901. The van der Waals surface area contributed by atoms with Crippen molar-refractivity contribution in [3.8, 4) is 0 Å². The molecule has 1 aromatic rings. The molecule has 2 atom stereocenters. The van der Waals surface area contributed by atoms with E-state index in [1.165, 1.54) is 16.9 Å². The van der Waals surface area contributed by atoms with Crippen molar-refractivity contribution in [2.75, 3.05) is 13.1 Å². The predicted octanol–water partition coefficient (Wildman–Crippen LogP) is 2.03. The van der Waals surface area contributed by atoms with E-state index in [2.05, 4.69) is 0 Å². The summed E-state index contributed by atoms with van der Waals surface area (Å²) in [6.45, 7) is 2.80. The van der Waals surface area contributed by atoms with Gasteiger partial charge >= 0.3 is 5.97 Å². The van der Waals surface area contributed by atoms with Gasteiger partial charge in [-0.3, -0.25) is 9.59 Å². The number of amides is 1. The molecular weight excluding hydrogens is 262 g/mol. The van der Waals surface area contributed by atoms with Gasteiger partial charge in [-0.25, -0.2) is 0 Å². The van der Waals surface area contributed by atoms with Crippen LogP contribution in [0.3, 0.4) is 0 Å². The molecule has 1 aromatic heterocycles. The van der Waals surface area contributed by atoms with Gasteiger partial charge in [-0.15, -0.1) is 11.3 Å². The van der Waals surface area contributed by atoms with Crippen LogP contribution in [-0.2, 0) is 17.6 Å². The first-order valence-corrected chi connectivity index (χ1v) is 7.51. The molecule has 4 nitrogen and oxygen atoms in total. The molecule has 0 aromatic carbocycles. The number of nitrogens with zero attached hydrogens (tertiary/aromatic N) is 1. The monoisotopic (exact) mass is 279 g/mol. The van der Waals surface area contributed by atoms with E-state index in [1.54, 1.807) is 16.2 Å². The molecule has 0 bridgehead atoms. The van der Waals surface area contributed by atoms with Gasteiger partial charge in [0.1, 0.15) is 0 Å². The highest BCUT2D eigenvalue weighted by Crippen LogP contribution is 2.33. The summed E-state index contributed by atoms with van der Waals surface area (Å²) in [5.74, 6) is -1.17. The average Bonchev–Trinajstić information content (AvgIpc) is 2.99. The van der Waals surface area contributed by atoms with E-state index < -0.39 is 11.9 Å². The number of hydrogen-bond acceptors (Lipinski definition) is 3. The Morgan fingerprint density at radius 1 is 1.37 bits per heavy atom. The average molecular weight is 279 g/mol. The molecule has 5 heteroatoms. The molecule has 0 saturated carbocycles. The van der Waals surface area contributed by atoms with Crippen LogP contribution in [0.15, 0.2) is 6.07 Å². The minimum Gasteiger partial charge on any atom is -0.481 e. The maximum absolute atomic E-state index is 12.4. The number of thiophene rings is 1. The van der Waals surface area contributed by atoms with Crippen LogP contribution in [0, 0.1) is 11.8 Å². The fourth-order valence-corrected chi connectivity index (χ4v) is 4.27. The zero-order valence-corrected chi connectivity index (χ0v) is 11.7. The molecule has 1 amide bonds. The van der Waals surface area contributed by atoms with Crippen LogP contribution in [0.1, 0.15) is 33.5 Å². The van der Waals surface area contributed by atoms with Crippen molar-refractivity contribution < 1.29 is 14.7 Å². The summed E-state index contributed by atoms with van der Waals surface area (Å²) < 4.78 is 0. The third kappa shape index (κ3) is 2.16. The second-order valence-corrected chi connectivity index (χ2v) is 6.68. The Morgan fingerprint density at radius 3 is 2.79 bits per heavy atom. The van der Waals surface area contributed by atoms with Gasteiger partial charge in [0.05, 0.1) is 10.8 Å². The molecule has 0 unspecified atom stereocenters. The lowest BCUT2D eigenvalue weighted by Gasteiger charge is -2.14. The Kier molecular flexibility index (Phi) is 3.09. The number of carbonyl (C=O) groups is 2.